The Balaban J connectivity index is 2.08. The molecule has 2 unspecified atom stereocenters. The van der Waals surface area contributed by atoms with E-state index in [4.69, 9.17) is 4.74 Å². The molecule has 108 valence electrons. The molecule has 0 aromatic heterocycles. The molecule has 1 saturated carbocycles. The van der Waals surface area contributed by atoms with Gasteiger partial charge in [-0.05, 0) is 32.1 Å². The van der Waals surface area contributed by atoms with Gasteiger partial charge in [-0.3, -0.25) is 0 Å². The van der Waals surface area contributed by atoms with Crippen LogP contribution in [0.5, 0.6) is 0 Å². The summed E-state index contributed by atoms with van der Waals surface area (Å²) in [7, 11) is 0. The number of unbranched alkanes of at least 4 members (excludes halogenated alkanes) is 1. The number of nitrogens with one attached hydrogen (secondary N) is 1. The molecule has 0 heterocycles. The highest BCUT2D eigenvalue weighted by molar-refractivity contribution is 4.85. The van der Waals surface area contributed by atoms with E-state index in [1.807, 2.05) is 6.92 Å². The van der Waals surface area contributed by atoms with E-state index in [2.05, 4.69) is 19.2 Å². The summed E-state index contributed by atoms with van der Waals surface area (Å²) >= 11 is 0. The van der Waals surface area contributed by atoms with Crippen molar-refractivity contribution in [2.24, 2.45) is 5.92 Å². The van der Waals surface area contributed by atoms with Crippen molar-refractivity contribution in [3.8, 4) is 0 Å². The molecular formula is C15H31NO2. The number of ether oxygens (including phenoxy) is 1. The Kier molecular flexibility index (Phi) is 7.20. The van der Waals surface area contributed by atoms with Gasteiger partial charge in [0.05, 0.1) is 12.2 Å². The van der Waals surface area contributed by atoms with E-state index in [0.717, 1.165) is 6.61 Å². The first-order chi connectivity index (χ1) is 8.57. The summed E-state index contributed by atoms with van der Waals surface area (Å²) in [6.07, 6.45) is 7.46. The molecule has 0 aliphatic heterocycles. The average molecular weight is 257 g/mol. The Morgan fingerprint density at radius 1 is 1.39 bits per heavy atom. The molecule has 1 rings (SSSR count). The third-order valence-corrected chi connectivity index (χ3v) is 3.66. The molecule has 0 amide bonds. The highest BCUT2D eigenvalue weighted by atomic mass is 16.5. The van der Waals surface area contributed by atoms with E-state index in [1.165, 1.54) is 38.5 Å². The van der Waals surface area contributed by atoms with Gasteiger partial charge in [0.15, 0.2) is 0 Å². The maximum atomic E-state index is 10.2. The fourth-order valence-corrected chi connectivity index (χ4v) is 2.05. The quantitative estimate of drug-likeness (QED) is 0.598. The van der Waals surface area contributed by atoms with Gasteiger partial charge in [-0.2, -0.15) is 0 Å². The number of rotatable bonds is 11. The second-order valence-corrected chi connectivity index (χ2v) is 6.08. The molecule has 1 aliphatic carbocycles. The Hall–Kier alpha value is -0.120. The van der Waals surface area contributed by atoms with Crippen molar-refractivity contribution >= 4 is 0 Å². The van der Waals surface area contributed by atoms with Gasteiger partial charge < -0.3 is 15.2 Å². The lowest BCUT2D eigenvalue weighted by molar-refractivity contribution is -0.0421. The average Bonchev–Trinajstić information content (AvgIpc) is 3.15. The third-order valence-electron chi connectivity index (χ3n) is 3.66. The van der Waals surface area contributed by atoms with Gasteiger partial charge in [-0.1, -0.05) is 33.1 Å². The second-order valence-electron chi connectivity index (χ2n) is 6.08. The summed E-state index contributed by atoms with van der Waals surface area (Å²) in [5.74, 6) is 0.650. The van der Waals surface area contributed by atoms with Crippen LogP contribution >= 0.6 is 0 Å². The monoisotopic (exact) mass is 257 g/mol. The molecule has 2 N–H and O–H groups in total. The van der Waals surface area contributed by atoms with Crippen molar-refractivity contribution in [2.75, 3.05) is 19.8 Å². The maximum Gasteiger partial charge on any atom is 0.0975 e. The predicted molar refractivity (Wildman–Crippen MR) is 75.8 cm³/mol. The minimum absolute atomic E-state index is 0.440. The van der Waals surface area contributed by atoms with E-state index < -0.39 is 5.60 Å². The van der Waals surface area contributed by atoms with Gasteiger partial charge in [0.1, 0.15) is 0 Å². The zero-order chi connectivity index (χ0) is 13.4. The smallest absolute Gasteiger partial charge is 0.0975 e. The van der Waals surface area contributed by atoms with E-state index in [0.29, 0.717) is 25.1 Å². The van der Waals surface area contributed by atoms with Gasteiger partial charge in [0, 0.05) is 19.2 Å². The van der Waals surface area contributed by atoms with Crippen LogP contribution in [-0.2, 0) is 4.74 Å². The minimum atomic E-state index is -0.731. The molecule has 0 saturated heterocycles. The van der Waals surface area contributed by atoms with Crippen molar-refractivity contribution in [3.05, 3.63) is 0 Å². The van der Waals surface area contributed by atoms with Crippen LogP contribution in [0.4, 0.5) is 0 Å². The Bertz CT molecular complexity index is 215. The van der Waals surface area contributed by atoms with Crippen molar-refractivity contribution < 1.29 is 9.84 Å². The van der Waals surface area contributed by atoms with Gasteiger partial charge >= 0.3 is 0 Å². The normalized spacial score (nSPS) is 20.7. The van der Waals surface area contributed by atoms with Crippen LogP contribution < -0.4 is 5.32 Å². The van der Waals surface area contributed by atoms with Crippen molar-refractivity contribution in [1.82, 2.24) is 5.32 Å². The van der Waals surface area contributed by atoms with Crippen LogP contribution in [0.2, 0.25) is 0 Å². The van der Waals surface area contributed by atoms with Gasteiger partial charge in [0.25, 0.3) is 0 Å². The molecule has 0 radical (unpaired) electrons. The summed E-state index contributed by atoms with van der Waals surface area (Å²) in [6.45, 7) is 8.17. The molecule has 3 heteroatoms. The maximum absolute atomic E-state index is 10.2. The first kappa shape index (κ1) is 15.9. The summed E-state index contributed by atoms with van der Waals surface area (Å²) in [6, 6.07) is 0.643. The SMILES string of the molecule is CCCCC(CC)COCC(C)(O)CNC1CC1. The molecule has 0 bridgehead atoms. The molecule has 2 atom stereocenters. The molecular weight excluding hydrogens is 226 g/mol. The molecule has 1 aliphatic rings. The Morgan fingerprint density at radius 3 is 2.67 bits per heavy atom. The molecule has 0 spiro atoms. The van der Waals surface area contributed by atoms with Crippen molar-refractivity contribution in [1.29, 1.82) is 0 Å². The highest BCUT2D eigenvalue weighted by Crippen LogP contribution is 2.19. The van der Waals surface area contributed by atoms with Crippen LogP contribution in [0.25, 0.3) is 0 Å². The van der Waals surface area contributed by atoms with Crippen LogP contribution in [0.1, 0.15) is 59.3 Å². The highest BCUT2D eigenvalue weighted by Gasteiger charge is 2.26. The molecule has 0 aromatic carbocycles. The van der Waals surface area contributed by atoms with Gasteiger partial charge in [-0.25, -0.2) is 0 Å². The van der Waals surface area contributed by atoms with Crippen LogP contribution in [0.3, 0.4) is 0 Å². The van der Waals surface area contributed by atoms with E-state index in [9.17, 15) is 5.11 Å². The number of aliphatic hydroxyl groups is 1. The standard InChI is InChI=1S/C15H31NO2/c1-4-6-7-13(5-2)10-18-12-15(3,17)11-16-14-8-9-14/h13-14,16-17H,4-12H2,1-3H3. The number of hydrogen-bond acceptors (Lipinski definition) is 3. The second kappa shape index (κ2) is 8.13. The lowest BCUT2D eigenvalue weighted by Gasteiger charge is -2.25. The van der Waals surface area contributed by atoms with Gasteiger partial charge in [0.2, 0.25) is 0 Å². The van der Waals surface area contributed by atoms with Crippen LogP contribution in [0.15, 0.2) is 0 Å². The molecule has 3 nitrogen and oxygen atoms in total. The van der Waals surface area contributed by atoms with Crippen LogP contribution in [0, 0.1) is 5.92 Å². The number of hydrogen-bond donors (Lipinski definition) is 2. The van der Waals surface area contributed by atoms with Crippen molar-refractivity contribution in [3.63, 3.8) is 0 Å². The van der Waals surface area contributed by atoms with Crippen molar-refractivity contribution in [2.45, 2.75) is 70.9 Å². The Morgan fingerprint density at radius 2 is 2.11 bits per heavy atom. The topological polar surface area (TPSA) is 41.5 Å². The summed E-state index contributed by atoms with van der Waals surface area (Å²) in [4.78, 5) is 0. The minimum Gasteiger partial charge on any atom is -0.386 e. The first-order valence-electron chi connectivity index (χ1n) is 7.61. The molecule has 0 aromatic rings. The van der Waals surface area contributed by atoms with Gasteiger partial charge in [-0.15, -0.1) is 0 Å². The fraction of sp³-hybridized carbons (Fsp3) is 1.00. The van der Waals surface area contributed by atoms with Crippen LogP contribution in [-0.4, -0.2) is 36.5 Å². The predicted octanol–water partition coefficient (Wildman–Crippen LogP) is 2.72. The molecule has 1 fully saturated rings. The summed E-state index contributed by atoms with van der Waals surface area (Å²) in [5, 5.41) is 13.5. The third kappa shape index (κ3) is 7.34. The summed E-state index contributed by atoms with van der Waals surface area (Å²) < 4.78 is 5.71. The van der Waals surface area contributed by atoms with E-state index in [1.54, 1.807) is 0 Å². The van der Waals surface area contributed by atoms with E-state index >= 15 is 0 Å². The van der Waals surface area contributed by atoms with E-state index in [-0.39, 0.29) is 0 Å². The summed E-state index contributed by atoms with van der Waals surface area (Å²) in [5.41, 5.74) is -0.731. The Labute approximate surface area is 112 Å². The molecule has 18 heavy (non-hydrogen) atoms. The largest absolute Gasteiger partial charge is 0.386 e. The first-order valence-corrected chi connectivity index (χ1v) is 7.61. The zero-order valence-corrected chi connectivity index (χ0v) is 12.4. The zero-order valence-electron chi connectivity index (χ0n) is 12.4. The fourth-order valence-electron chi connectivity index (χ4n) is 2.05. The lowest BCUT2D eigenvalue weighted by atomic mass is 10.0. The lowest BCUT2D eigenvalue weighted by Crippen LogP contribution is -2.43.